The third kappa shape index (κ3) is 6.02. The highest BCUT2D eigenvalue weighted by atomic mass is 19.1. The molecule has 62 valence electrons. The van der Waals surface area contributed by atoms with Gasteiger partial charge in [-0.15, -0.1) is 0 Å². The summed E-state index contributed by atoms with van der Waals surface area (Å²) >= 11 is 0. The highest BCUT2D eigenvalue weighted by molar-refractivity contribution is 4.65. The maximum atomic E-state index is 12.5. The zero-order chi connectivity index (χ0) is 8.20. The van der Waals surface area contributed by atoms with Crippen molar-refractivity contribution in [3.63, 3.8) is 0 Å². The highest BCUT2D eigenvalue weighted by Gasteiger charge is 2.12. The van der Waals surface area contributed by atoms with Crippen molar-refractivity contribution in [2.75, 3.05) is 6.54 Å². The number of rotatable bonds is 3. The van der Waals surface area contributed by atoms with Crippen molar-refractivity contribution < 1.29 is 4.39 Å². The Labute approximate surface area is 62.8 Å². The van der Waals surface area contributed by atoms with Crippen molar-refractivity contribution in [2.45, 2.75) is 39.8 Å². The first kappa shape index (κ1) is 9.89. The predicted molar refractivity (Wildman–Crippen MR) is 42.6 cm³/mol. The maximum Gasteiger partial charge on any atom is 0.112 e. The molecule has 10 heavy (non-hydrogen) atoms. The number of hydrogen-bond acceptors (Lipinski definition) is 1. The van der Waals surface area contributed by atoms with Gasteiger partial charge in [0.1, 0.15) is 6.17 Å². The summed E-state index contributed by atoms with van der Waals surface area (Å²) in [5.41, 5.74) is 5.36. The molecule has 0 heterocycles. The minimum atomic E-state index is -0.806. The lowest BCUT2D eigenvalue weighted by atomic mass is 9.89. The van der Waals surface area contributed by atoms with E-state index < -0.39 is 6.17 Å². The number of halogens is 1. The van der Waals surface area contributed by atoms with E-state index in [0.717, 1.165) is 6.42 Å². The van der Waals surface area contributed by atoms with Gasteiger partial charge in [-0.1, -0.05) is 20.8 Å². The van der Waals surface area contributed by atoms with E-state index in [0.29, 0.717) is 6.42 Å². The van der Waals surface area contributed by atoms with E-state index in [2.05, 4.69) is 20.8 Å². The standard InChI is InChI=1S/C8H18FN/c1-8(2,3)5-4-7(9)6-10/h7H,4-6,10H2,1-3H3. The van der Waals surface area contributed by atoms with Gasteiger partial charge < -0.3 is 5.73 Å². The molecule has 0 radical (unpaired) electrons. The monoisotopic (exact) mass is 147 g/mol. The van der Waals surface area contributed by atoms with Crippen LogP contribution in [0.25, 0.3) is 0 Å². The van der Waals surface area contributed by atoms with Crippen LogP contribution >= 0.6 is 0 Å². The predicted octanol–water partition coefficient (Wildman–Crippen LogP) is 2.11. The fraction of sp³-hybridized carbons (Fsp3) is 1.00. The molecule has 0 aliphatic carbocycles. The lowest BCUT2D eigenvalue weighted by Crippen LogP contribution is -2.17. The highest BCUT2D eigenvalue weighted by Crippen LogP contribution is 2.21. The Bertz CT molecular complexity index is 85.7. The lowest BCUT2D eigenvalue weighted by Gasteiger charge is -2.18. The third-order valence-corrected chi connectivity index (χ3v) is 1.46. The number of alkyl halides is 1. The summed E-state index contributed by atoms with van der Waals surface area (Å²) in [6.07, 6.45) is 0.699. The molecule has 0 aromatic rings. The maximum absolute atomic E-state index is 12.5. The van der Waals surface area contributed by atoms with E-state index in [-0.39, 0.29) is 12.0 Å². The van der Waals surface area contributed by atoms with E-state index in [4.69, 9.17) is 5.73 Å². The molecule has 0 aromatic carbocycles. The fourth-order valence-electron chi connectivity index (χ4n) is 0.707. The van der Waals surface area contributed by atoms with Crippen LogP contribution in [0.3, 0.4) is 0 Å². The Morgan fingerprint density at radius 2 is 1.90 bits per heavy atom. The molecule has 2 N–H and O–H groups in total. The molecule has 0 spiro atoms. The summed E-state index contributed by atoms with van der Waals surface area (Å²) in [5.74, 6) is 0. The van der Waals surface area contributed by atoms with Gasteiger partial charge in [-0.3, -0.25) is 0 Å². The van der Waals surface area contributed by atoms with Crippen LogP contribution in [0, 0.1) is 5.41 Å². The van der Waals surface area contributed by atoms with Gasteiger partial charge in [0.2, 0.25) is 0 Å². The van der Waals surface area contributed by atoms with Crippen LogP contribution in [-0.2, 0) is 0 Å². The van der Waals surface area contributed by atoms with E-state index in [1.165, 1.54) is 0 Å². The minimum absolute atomic E-state index is 0.163. The van der Waals surface area contributed by atoms with Crippen LogP contribution in [0.1, 0.15) is 33.6 Å². The van der Waals surface area contributed by atoms with Crippen molar-refractivity contribution in [1.29, 1.82) is 0 Å². The van der Waals surface area contributed by atoms with Crippen LogP contribution in [0.2, 0.25) is 0 Å². The molecule has 0 rings (SSSR count). The van der Waals surface area contributed by atoms with Gasteiger partial charge in [0.25, 0.3) is 0 Å². The summed E-state index contributed by atoms with van der Waals surface area (Å²) < 4.78 is 12.5. The van der Waals surface area contributed by atoms with E-state index >= 15 is 0 Å². The van der Waals surface area contributed by atoms with E-state index in [9.17, 15) is 4.39 Å². The van der Waals surface area contributed by atoms with Crippen LogP contribution in [0.4, 0.5) is 4.39 Å². The Hall–Kier alpha value is -0.110. The van der Waals surface area contributed by atoms with Crippen molar-refractivity contribution in [3.8, 4) is 0 Å². The van der Waals surface area contributed by atoms with Crippen molar-refractivity contribution in [2.24, 2.45) is 11.1 Å². The molecule has 0 fully saturated rings. The normalized spacial score (nSPS) is 15.3. The molecule has 0 saturated carbocycles. The van der Waals surface area contributed by atoms with Crippen LogP contribution < -0.4 is 5.73 Å². The third-order valence-electron chi connectivity index (χ3n) is 1.46. The van der Waals surface area contributed by atoms with Gasteiger partial charge >= 0.3 is 0 Å². The molecule has 0 aliphatic heterocycles. The zero-order valence-electron chi connectivity index (χ0n) is 7.15. The van der Waals surface area contributed by atoms with Crippen LogP contribution in [0.5, 0.6) is 0 Å². The molecule has 0 aliphatic rings. The molecule has 1 atom stereocenters. The molecule has 1 nitrogen and oxygen atoms in total. The van der Waals surface area contributed by atoms with Crippen LogP contribution in [0.15, 0.2) is 0 Å². The Morgan fingerprint density at radius 1 is 1.40 bits per heavy atom. The van der Waals surface area contributed by atoms with Gasteiger partial charge in [0.15, 0.2) is 0 Å². The SMILES string of the molecule is CC(C)(C)CCC(F)CN. The molecular formula is C8H18FN. The van der Waals surface area contributed by atoms with Crippen LogP contribution in [-0.4, -0.2) is 12.7 Å². The molecule has 2 heteroatoms. The average molecular weight is 147 g/mol. The first-order valence-electron chi connectivity index (χ1n) is 3.80. The average Bonchev–Trinajstić information content (AvgIpc) is 1.81. The zero-order valence-corrected chi connectivity index (χ0v) is 7.15. The molecule has 0 amide bonds. The topological polar surface area (TPSA) is 26.0 Å². The first-order chi connectivity index (χ1) is 4.45. The van der Waals surface area contributed by atoms with Crippen molar-refractivity contribution in [3.05, 3.63) is 0 Å². The van der Waals surface area contributed by atoms with E-state index in [1.807, 2.05) is 0 Å². The summed E-state index contributed by atoms with van der Waals surface area (Å²) in [4.78, 5) is 0. The number of hydrogen-bond donors (Lipinski definition) is 1. The second-order valence-electron chi connectivity index (χ2n) is 3.93. The second-order valence-corrected chi connectivity index (χ2v) is 3.93. The molecular weight excluding hydrogens is 129 g/mol. The quantitative estimate of drug-likeness (QED) is 0.650. The fourth-order valence-corrected chi connectivity index (χ4v) is 0.707. The van der Waals surface area contributed by atoms with Gasteiger partial charge in [0, 0.05) is 6.54 Å². The smallest absolute Gasteiger partial charge is 0.112 e. The molecule has 0 aromatic heterocycles. The molecule has 0 saturated heterocycles. The van der Waals surface area contributed by atoms with E-state index in [1.54, 1.807) is 0 Å². The number of nitrogens with two attached hydrogens (primary N) is 1. The molecule has 1 unspecified atom stereocenters. The molecule has 0 bridgehead atoms. The summed E-state index contributed by atoms with van der Waals surface area (Å²) in [5, 5.41) is 0. The second kappa shape index (κ2) is 3.91. The lowest BCUT2D eigenvalue weighted by molar-refractivity contribution is 0.263. The van der Waals surface area contributed by atoms with Crippen molar-refractivity contribution >= 4 is 0 Å². The Balaban J connectivity index is 3.36. The summed E-state index contributed by atoms with van der Waals surface area (Å²) in [7, 11) is 0. The Morgan fingerprint density at radius 3 is 2.20 bits per heavy atom. The summed E-state index contributed by atoms with van der Waals surface area (Å²) in [6.45, 7) is 6.48. The summed E-state index contributed by atoms with van der Waals surface area (Å²) in [6, 6.07) is 0. The van der Waals surface area contributed by atoms with Crippen molar-refractivity contribution in [1.82, 2.24) is 0 Å². The van der Waals surface area contributed by atoms with Gasteiger partial charge in [-0.05, 0) is 18.3 Å². The van der Waals surface area contributed by atoms with Gasteiger partial charge in [0.05, 0.1) is 0 Å². The van der Waals surface area contributed by atoms with Gasteiger partial charge in [-0.2, -0.15) is 0 Å². The first-order valence-corrected chi connectivity index (χ1v) is 3.80. The Kier molecular flexibility index (Phi) is 3.87. The van der Waals surface area contributed by atoms with Gasteiger partial charge in [-0.25, -0.2) is 4.39 Å². The minimum Gasteiger partial charge on any atom is -0.328 e. The largest absolute Gasteiger partial charge is 0.328 e.